The highest BCUT2D eigenvalue weighted by Gasteiger charge is 2.23. The molecule has 1 aliphatic heterocycles. The number of likely N-dealkylation sites (tertiary alicyclic amines) is 1. The molecule has 0 spiro atoms. The van der Waals surface area contributed by atoms with Crippen molar-refractivity contribution in [3.8, 4) is 5.75 Å². The molecule has 0 radical (unpaired) electrons. The summed E-state index contributed by atoms with van der Waals surface area (Å²) in [6, 6.07) is 6.34. The second-order valence-electron chi connectivity index (χ2n) is 7.39. The Balaban J connectivity index is 1.33. The maximum atomic E-state index is 12.1. The molecule has 0 bridgehead atoms. The van der Waals surface area contributed by atoms with E-state index in [-0.39, 0.29) is 12.5 Å². The third-order valence-corrected chi connectivity index (χ3v) is 5.74. The van der Waals surface area contributed by atoms with E-state index in [9.17, 15) is 4.79 Å². The van der Waals surface area contributed by atoms with E-state index in [1.54, 1.807) is 0 Å². The summed E-state index contributed by atoms with van der Waals surface area (Å²) in [6.45, 7) is 5.14. The molecule has 2 aliphatic rings. The van der Waals surface area contributed by atoms with E-state index < -0.39 is 0 Å². The number of furan rings is 1. The van der Waals surface area contributed by atoms with Gasteiger partial charge >= 0.3 is 0 Å². The monoisotopic (exact) mass is 356 g/mol. The third-order valence-electron chi connectivity index (χ3n) is 5.74. The Hall–Kier alpha value is -2.01. The Morgan fingerprint density at radius 2 is 2.19 bits per heavy atom. The second-order valence-corrected chi connectivity index (χ2v) is 7.39. The number of carbonyl (C=O) groups is 1. The number of amides is 1. The first kappa shape index (κ1) is 17.4. The van der Waals surface area contributed by atoms with E-state index in [1.807, 2.05) is 18.2 Å². The molecule has 140 valence electrons. The van der Waals surface area contributed by atoms with Gasteiger partial charge < -0.3 is 14.5 Å². The van der Waals surface area contributed by atoms with E-state index in [2.05, 4.69) is 17.1 Å². The number of benzene rings is 1. The van der Waals surface area contributed by atoms with Crippen LogP contribution < -0.4 is 10.1 Å². The van der Waals surface area contributed by atoms with Gasteiger partial charge in [0.25, 0.3) is 5.91 Å². The zero-order valence-electron chi connectivity index (χ0n) is 15.6. The molecule has 4 rings (SSSR count). The maximum absolute atomic E-state index is 12.1. The molecule has 1 fully saturated rings. The summed E-state index contributed by atoms with van der Waals surface area (Å²) in [6.07, 6.45) is 6.90. The first-order valence-corrected chi connectivity index (χ1v) is 9.92. The molecule has 0 saturated carbocycles. The topological polar surface area (TPSA) is 54.7 Å². The summed E-state index contributed by atoms with van der Waals surface area (Å²) in [5.74, 6) is 1.80. The lowest BCUT2D eigenvalue weighted by molar-refractivity contribution is -0.123. The van der Waals surface area contributed by atoms with Crippen molar-refractivity contribution in [3.05, 3.63) is 29.5 Å². The molecule has 0 unspecified atom stereocenters. The van der Waals surface area contributed by atoms with Crippen molar-refractivity contribution in [3.63, 3.8) is 0 Å². The van der Waals surface area contributed by atoms with Gasteiger partial charge in [-0.2, -0.15) is 0 Å². The van der Waals surface area contributed by atoms with Crippen LogP contribution >= 0.6 is 0 Å². The minimum atomic E-state index is -0.0535. The molecule has 26 heavy (non-hydrogen) atoms. The zero-order valence-corrected chi connectivity index (χ0v) is 15.6. The van der Waals surface area contributed by atoms with Crippen molar-refractivity contribution in [2.45, 2.75) is 51.5 Å². The lowest BCUT2D eigenvalue weighted by atomic mass is 9.96. The molecule has 1 atom stereocenters. The van der Waals surface area contributed by atoms with Crippen molar-refractivity contribution in [1.29, 1.82) is 0 Å². The number of aryl methyl sites for hydroxylation is 2. The molecule has 2 heterocycles. The van der Waals surface area contributed by atoms with Gasteiger partial charge in [0.1, 0.15) is 17.1 Å². The smallest absolute Gasteiger partial charge is 0.257 e. The predicted octanol–water partition coefficient (Wildman–Crippen LogP) is 3.29. The number of hydrogen-bond acceptors (Lipinski definition) is 4. The lowest BCUT2D eigenvalue weighted by Crippen LogP contribution is -2.41. The van der Waals surface area contributed by atoms with Crippen LogP contribution in [0.15, 0.2) is 22.6 Å². The SMILES string of the molecule is CCN1CCC[C@@H]1CNC(=O)COc1ccc2oc3c(c2c1)CCCC3. The fourth-order valence-electron chi connectivity index (χ4n) is 4.31. The van der Waals surface area contributed by atoms with Gasteiger partial charge in [-0.3, -0.25) is 9.69 Å². The highest BCUT2D eigenvalue weighted by Crippen LogP contribution is 2.33. The standard InChI is InChI=1S/C21H28N2O3/c1-2-23-11-5-6-15(23)13-22-21(24)14-25-16-9-10-20-18(12-16)17-7-3-4-8-19(17)26-20/h9-10,12,15H,2-8,11,13-14H2,1H3,(H,22,24)/t15-/m1/s1. The van der Waals surface area contributed by atoms with Crippen LogP contribution in [0.4, 0.5) is 0 Å². The van der Waals surface area contributed by atoms with Crippen molar-refractivity contribution in [1.82, 2.24) is 10.2 Å². The largest absolute Gasteiger partial charge is 0.484 e. The Bertz CT molecular complexity index is 783. The molecule has 5 heteroatoms. The average Bonchev–Trinajstić information content (AvgIpc) is 3.28. The number of likely N-dealkylation sites (N-methyl/N-ethyl adjacent to an activating group) is 1. The molecule has 5 nitrogen and oxygen atoms in total. The van der Waals surface area contributed by atoms with Gasteiger partial charge in [0.2, 0.25) is 0 Å². The van der Waals surface area contributed by atoms with Crippen LogP contribution in [0.5, 0.6) is 5.75 Å². The fourth-order valence-corrected chi connectivity index (χ4v) is 4.31. The van der Waals surface area contributed by atoms with Gasteiger partial charge in [0.15, 0.2) is 6.61 Å². The summed E-state index contributed by atoms with van der Waals surface area (Å²) >= 11 is 0. The van der Waals surface area contributed by atoms with Crippen LogP contribution in [-0.2, 0) is 17.6 Å². The number of ether oxygens (including phenoxy) is 1. The molecule has 1 N–H and O–H groups in total. The molecule has 1 aliphatic carbocycles. The summed E-state index contributed by atoms with van der Waals surface area (Å²) in [7, 11) is 0. The number of fused-ring (bicyclic) bond motifs is 3. The lowest BCUT2D eigenvalue weighted by Gasteiger charge is -2.22. The van der Waals surface area contributed by atoms with Crippen molar-refractivity contribution >= 4 is 16.9 Å². The Morgan fingerprint density at radius 1 is 1.31 bits per heavy atom. The Labute approximate surface area is 154 Å². The van der Waals surface area contributed by atoms with Crippen LogP contribution in [0, 0.1) is 0 Å². The van der Waals surface area contributed by atoms with Gasteiger partial charge in [-0.15, -0.1) is 0 Å². The molecule has 1 amide bonds. The molecule has 1 aromatic heterocycles. The van der Waals surface area contributed by atoms with Crippen LogP contribution in [0.3, 0.4) is 0 Å². The normalized spacial score (nSPS) is 20.3. The summed E-state index contributed by atoms with van der Waals surface area (Å²) < 4.78 is 11.7. The highest BCUT2D eigenvalue weighted by molar-refractivity contribution is 5.84. The summed E-state index contributed by atoms with van der Waals surface area (Å²) in [5.41, 5.74) is 2.25. The van der Waals surface area contributed by atoms with Crippen LogP contribution in [0.2, 0.25) is 0 Å². The van der Waals surface area contributed by atoms with E-state index in [4.69, 9.17) is 9.15 Å². The first-order valence-electron chi connectivity index (χ1n) is 9.92. The summed E-state index contributed by atoms with van der Waals surface area (Å²) in [5, 5.41) is 4.16. The highest BCUT2D eigenvalue weighted by atomic mass is 16.5. The zero-order chi connectivity index (χ0) is 17.9. The molecular weight excluding hydrogens is 328 g/mol. The Morgan fingerprint density at radius 3 is 3.08 bits per heavy atom. The number of nitrogens with zero attached hydrogens (tertiary/aromatic N) is 1. The van der Waals surface area contributed by atoms with Gasteiger partial charge in [-0.25, -0.2) is 0 Å². The van der Waals surface area contributed by atoms with Crippen molar-refractivity contribution in [2.75, 3.05) is 26.2 Å². The summed E-state index contributed by atoms with van der Waals surface area (Å²) in [4.78, 5) is 14.6. The second kappa shape index (κ2) is 7.70. The fraction of sp³-hybridized carbons (Fsp3) is 0.571. The molecule has 2 aromatic rings. The molecular formula is C21H28N2O3. The van der Waals surface area contributed by atoms with Crippen molar-refractivity contribution < 1.29 is 13.9 Å². The van der Waals surface area contributed by atoms with Gasteiger partial charge in [-0.1, -0.05) is 6.92 Å². The van der Waals surface area contributed by atoms with Crippen molar-refractivity contribution in [2.24, 2.45) is 0 Å². The number of hydrogen-bond donors (Lipinski definition) is 1. The minimum Gasteiger partial charge on any atom is -0.484 e. The van der Waals surface area contributed by atoms with Crippen LogP contribution in [0.1, 0.15) is 43.9 Å². The van der Waals surface area contributed by atoms with Gasteiger partial charge in [0, 0.05) is 30.0 Å². The maximum Gasteiger partial charge on any atom is 0.257 e. The first-order chi connectivity index (χ1) is 12.7. The molecule has 1 saturated heterocycles. The minimum absolute atomic E-state index is 0.0535. The van der Waals surface area contributed by atoms with E-state index >= 15 is 0 Å². The molecule has 1 aromatic carbocycles. The average molecular weight is 356 g/mol. The van der Waals surface area contributed by atoms with E-state index in [0.717, 1.165) is 54.8 Å². The Kier molecular flexibility index (Phi) is 5.16. The number of rotatable bonds is 6. The predicted molar refractivity (Wildman–Crippen MR) is 102 cm³/mol. The number of carbonyl (C=O) groups excluding carboxylic acids is 1. The van der Waals surface area contributed by atoms with Crippen LogP contribution in [0.25, 0.3) is 11.0 Å². The van der Waals surface area contributed by atoms with E-state index in [0.29, 0.717) is 12.6 Å². The quantitative estimate of drug-likeness (QED) is 0.863. The van der Waals surface area contributed by atoms with Gasteiger partial charge in [0.05, 0.1) is 0 Å². The third kappa shape index (κ3) is 3.58. The van der Waals surface area contributed by atoms with E-state index in [1.165, 1.54) is 24.8 Å². The van der Waals surface area contributed by atoms with Crippen LogP contribution in [-0.4, -0.2) is 43.1 Å². The van der Waals surface area contributed by atoms with Gasteiger partial charge in [-0.05, 0) is 63.4 Å². The number of nitrogens with one attached hydrogen (secondary N) is 1.